The Morgan fingerprint density at radius 1 is 1.03 bits per heavy atom. The second-order valence-corrected chi connectivity index (χ2v) is 9.18. The number of para-hydroxylation sites is 1. The quantitative estimate of drug-likeness (QED) is 0.303. The molecular weight excluding hydrogens is 492 g/mol. The summed E-state index contributed by atoms with van der Waals surface area (Å²) in [5, 5.41) is 12.5. The van der Waals surface area contributed by atoms with E-state index in [2.05, 4.69) is 36.1 Å². The highest BCUT2D eigenvalue weighted by Crippen LogP contribution is 2.23. The molecule has 3 N–H and O–H groups in total. The fourth-order valence-corrected chi connectivity index (χ4v) is 3.97. The lowest BCUT2D eigenvalue weighted by molar-refractivity contribution is 0.0940. The summed E-state index contributed by atoms with van der Waals surface area (Å²) in [4.78, 5) is 30.0. The van der Waals surface area contributed by atoms with Gasteiger partial charge in [0.05, 0.1) is 24.3 Å². The number of rotatable bonds is 9. The Morgan fingerprint density at radius 3 is 2.56 bits per heavy atom. The molecule has 1 aliphatic rings. The van der Waals surface area contributed by atoms with Gasteiger partial charge in [0.15, 0.2) is 0 Å². The maximum Gasteiger partial charge on any atom is 0.253 e. The molecule has 3 heterocycles. The zero-order valence-electron chi connectivity index (χ0n) is 21.8. The van der Waals surface area contributed by atoms with Crippen LogP contribution in [0.2, 0.25) is 0 Å². The van der Waals surface area contributed by atoms with E-state index in [0.29, 0.717) is 30.3 Å². The van der Waals surface area contributed by atoms with Crippen LogP contribution in [-0.2, 0) is 6.54 Å². The van der Waals surface area contributed by atoms with Crippen molar-refractivity contribution in [2.45, 2.75) is 32.9 Å². The van der Waals surface area contributed by atoms with Crippen LogP contribution >= 0.6 is 0 Å². The number of hydrazine groups is 1. The molecule has 39 heavy (non-hydrogen) atoms. The van der Waals surface area contributed by atoms with Crippen molar-refractivity contribution in [3.05, 3.63) is 103 Å². The average molecular weight is 523 g/mol. The maximum atomic E-state index is 13.0. The van der Waals surface area contributed by atoms with E-state index < -0.39 is 0 Å². The van der Waals surface area contributed by atoms with Crippen LogP contribution < -0.4 is 16.1 Å². The number of carbonyl (C=O) groups excluding carboxylic acids is 1. The summed E-state index contributed by atoms with van der Waals surface area (Å²) < 4.78 is 1.77. The van der Waals surface area contributed by atoms with Crippen LogP contribution in [0.5, 0.6) is 0 Å². The highest BCUT2D eigenvalue weighted by molar-refractivity contribution is 6.01. The molecule has 4 aromatic rings. The highest BCUT2D eigenvalue weighted by Gasteiger charge is 2.22. The van der Waals surface area contributed by atoms with Crippen molar-refractivity contribution in [1.82, 2.24) is 35.1 Å². The minimum atomic E-state index is -0.133. The number of nitrogens with one attached hydrogen (secondary N) is 3. The summed E-state index contributed by atoms with van der Waals surface area (Å²) in [7, 11) is 0. The molecule has 1 amide bonds. The number of nitrogens with zero attached hydrogens (tertiary/aromatic N) is 7. The number of hydrogen-bond donors (Lipinski definition) is 3. The first-order chi connectivity index (χ1) is 19.1. The van der Waals surface area contributed by atoms with Crippen molar-refractivity contribution in [2.75, 3.05) is 17.3 Å². The van der Waals surface area contributed by atoms with Gasteiger partial charge in [0, 0.05) is 41.5 Å². The molecule has 0 bridgehead atoms. The first kappa shape index (κ1) is 25.6. The Balaban J connectivity index is 1.39. The molecule has 0 spiro atoms. The van der Waals surface area contributed by atoms with Gasteiger partial charge in [-0.15, -0.1) is 0 Å². The lowest BCUT2D eigenvalue weighted by atomic mass is 10.1. The number of anilines is 2. The summed E-state index contributed by atoms with van der Waals surface area (Å²) >= 11 is 0. The van der Waals surface area contributed by atoms with Gasteiger partial charge in [-0.3, -0.25) is 15.2 Å². The van der Waals surface area contributed by atoms with Crippen molar-refractivity contribution in [3.63, 3.8) is 0 Å². The fraction of sp³-hybridized carbons (Fsp3) is 0.214. The van der Waals surface area contributed by atoms with E-state index in [1.165, 1.54) is 12.7 Å². The van der Waals surface area contributed by atoms with Crippen molar-refractivity contribution < 1.29 is 4.79 Å². The van der Waals surface area contributed by atoms with Gasteiger partial charge in [0.25, 0.3) is 5.91 Å². The van der Waals surface area contributed by atoms with E-state index in [4.69, 9.17) is 4.99 Å². The Labute approximate surface area is 226 Å². The molecule has 0 radical (unpaired) electrons. The third-order valence-corrected chi connectivity index (χ3v) is 6.30. The summed E-state index contributed by atoms with van der Waals surface area (Å²) in [6.07, 6.45) is 10.9. The molecule has 0 saturated carbocycles. The molecule has 2 aromatic heterocycles. The standard InChI is InChI=1S/C28H30N10O/c1-3-20(2)34-27(39)25-6-4-5-7-26(25)36-38-16-23(22-12-29-17-30-13-22)14-32-28(38)35-24-10-8-21(9-11-24)15-37-19-31-18-33-37/h4-14,17-20,36H,3,15-16H2,1-2H3,(H,32,35)(H,34,39). The van der Waals surface area contributed by atoms with E-state index in [0.717, 1.165) is 28.8 Å². The van der Waals surface area contributed by atoms with Gasteiger partial charge < -0.3 is 10.6 Å². The van der Waals surface area contributed by atoms with Crippen LogP contribution in [-0.4, -0.2) is 54.2 Å². The topological polar surface area (TPSA) is 125 Å². The predicted molar refractivity (Wildman–Crippen MR) is 151 cm³/mol. The molecule has 198 valence electrons. The van der Waals surface area contributed by atoms with Crippen molar-refractivity contribution in [1.29, 1.82) is 0 Å². The Morgan fingerprint density at radius 2 is 1.82 bits per heavy atom. The molecule has 1 atom stereocenters. The number of carbonyl (C=O) groups is 1. The Bertz CT molecular complexity index is 1450. The van der Waals surface area contributed by atoms with Gasteiger partial charge >= 0.3 is 0 Å². The van der Waals surface area contributed by atoms with Gasteiger partial charge in [-0.2, -0.15) is 5.10 Å². The van der Waals surface area contributed by atoms with Crippen LogP contribution in [0.1, 0.15) is 41.8 Å². The van der Waals surface area contributed by atoms with Gasteiger partial charge in [0.1, 0.15) is 19.0 Å². The summed E-state index contributed by atoms with van der Waals surface area (Å²) in [5.41, 5.74) is 8.39. The zero-order chi connectivity index (χ0) is 27.0. The second kappa shape index (κ2) is 12.0. The van der Waals surface area contributed by atoms with E-state index in [9.17, 15) is 4.79 Å². The summed E-state index contributed by atoms with van der Waals surface area (Å²) in [5.74, 6) is 0.447. The van der Waals surface area contributed by atoms with E-state index in [1.54, 1.807) is 29.6 Å². The third kappa shape index (κ3) is 6.45. The Hall–Kier alpha value is -5.06. The smallest absolute Gasteiger partial charge is 0.253 e. The minimum Gasteiger partial charge on any atom is -0.350 e. The number of guanidine groups is 1. The summed E-state index contributed by atoms with van der Waals surface area (Å²) in [6, 6.07) is 15.6. The predicted octanol–water partition coefficient (Wildman–Crippen LogP) is 3.80. The van der Waals surface area contributed by atoms with Gasteiger partial charge in [-0.1, -0.05) is 31.2 Å². The maximum absolute atomic E-state index is 13.0. The van der Waals surface area contributed by atoms with Gasteiger partial charge in [-0.25, -0.2) is 24.6 Å². The van der Waals surface area contributed by atoms with E-state index in [-0.39, 0.29) is 11.9 Å². The van der Waals surface area contributed by atoms with Crippen molar-refractivity contribution in [3.8, 4) is 0 Å². The lowest BCUT2D eigenvalue weighted by Crippen LogP contribution is -2.43. The monoisotopic (exact) mass is 522 g/mol. The van der Waals surface area contributed by atoms with Gasteiger partial charge in [0.2, 0.25) is 5.96 Å². The Kier molecular flexibility index (Phi) is 7.87. The summed E-state index contributed by atoms with van der Waals surface area (Å²) in [6.45, 7) is 5.13. The molecular formula is C28H30N10O. The zero-order valence-corrected chi connectivity index (χ0v) is 21.8. The van der Waals surface area contributed by atoms with E-state index in [1.807, 2.05) is 67.4 Å². The van der Waals surface area contributed by atoms with Crippen LogP contribution in [0, 0.1) is 0 Å². The SMILES string of the molecule is CCC(C)NC(=O)c1ccccc1NN1CC(c2cncnc2)=CN=C1Nc1ccc(Cn2cncn2)cc1. The molecule has 11 heteroatoms. The number of hydrogen-bond acceptors (Lipinski definition) is 9. The lowest BCUT2D eigenvalue weighted by Gasteiger charge is -2.31. The largest absolute Gasteiger partial charge is 0.350 e. The first-order valence-corrected chi connectivity index (χ1v) is 12.7. The number of aromatic nitrogens is 5. The molecule has 0 aliphatic carbocycles. The van der Waals surface area contributed by atoms with Crippen LogP contribution in [0.3, 0.4) is 0 Å². The van der Waals surface area contributed by atoms with Gasteiger partial charge in [-0.05, 0) is 43.2 Å². The fourth-order valence-electron chi connectivity index (χ4n) is 3.97. The first-order valence-electron chi connectivity index (χ1n) is 12.7. The molecule has 1 unspecified atom stereocenters. The molecule has 11 nitrogen and oxygen atoms in total. The second-order valence-electron chi connectivity index (χ2n) is 9.18. The molecule has 1 aliphatic heterocycles. The van der Waals surface area contributed by atoms with E-state index >= 15 is 0 Å². The number of amides is 1. The molecule has 0 saturated heterocycles. The number of benzene rings is 2. The molecule has 5 rings (SSSR count). The average Bonchev–Trinajstić information content (AvgIpc) is 3.48. The normalized spacial score (nSPS) is 13.7. The van der Waals surface area contributed by atoms with Crippen LogP contribution in [0.25, 0.3) is 5.57 Å². The third-order valence-electron chi connectivity index (χ3n) is 6.30. The highest BCUT2D eigenvalue weighted by atomic mass is 16.1. The molecule has 2 aromatic carbocycles. The van der Waals surface area contributed by atoms with Crippen molar-refractivity contribution >= 4 is 28.8 Å². The van der Waals surface area contributed by atoms with Crippen LogP contribution in [0.4, 0.5) is 11.4 Å². The molecule has 0 fully saturated rings. The van der Waals surface area contributed by atoms with Crippen LogP contribution in [0.15, 0.2) is 91.1 Å². The number of aliphatic imine (C=N–C) groups is 1. The minimum absolute atomic E-state index is 0.0690. The van der Waals surface area contributed by atoms with Crippen molar-refractivity contribution in [2.24, 2.45) is 4.99 Å².